The van der Waals surface area contributed by atoms with Gasteiger partial charge in [-0.3, -0.25) is 0 Å². The van der Waals surface area contributed by atoms with Crippen LogP contribution in [0.4, 0.5) is 0 Å². The SMILES string of the molecule is Cc1cc(-c2cccc3c2OCCNC3)co1.Cl. The first-order chi connectivity index (χ1) is 8.34. The Morgan fingerprint density at radius 2 is 2.17 bits per heavy atom. The Labute approximate surface area is 113 Å². The minimum atomic E-state index is 0. The highest BCUT2D eigenvalue weighted by Gasteiger charge is 2.15. The molecule has 0 unspecified atom stereocenters. The quantitative estimate of drug-likeness (QED) is 0.860. The van der Waals surface area contributed by atoms with Crippen molar-refractivity contribution in [3.8, 4) is 16.9 Å². The molecule has 1 aliphatic rings. The molecule has 1 aromatic carbocycles. The van der Waals surface area contributed by atoms with E-state index in [0.717, 1.165) is 35.7 Å². The molecule has 1 N–H and O–H groups in total. The lowest BCUT2D eigenvalue weighted by atomic mass is 10.0. The van der Waals surface area contributed by atoms with Crippen LogP contribution in [0, 0.1) is 6.92 Å². The van der Waals surface area contributed by atoms with Crippen LogP contribution in [0.25, 0.3) is 11.1 Å². The number of ether oxygens (including phenoxy) is 1. The Kier molecular flexibility index (Phi) is 3.94. The summed E-state index contributed by atoms with van der Waals surface area (Å²) in [4.78, 5) is 0. The fourth-order valence-corrected chi connectivity index (χ4v) is 2.15. The number of para-hydroxylation sites is 1. The van der Waals surface area contributed by atoms with Gasteiger partial charge in [0.15, 0.2) is 0 Å². The molecule has 1 aromatic heterocycles. The zero-order valence-corrected chi connectivity index (χ0v) is 11.0. The number of fused-ring (bicyclic) bond motifs is 1. The first-order valence-electron chi connectivity index (χ1n) is 5.85. The fourth-order valence-electron chi connectivity index (χ4n) is 2.15. The number of hydrogen-bond acceptors (Lipinski definition) is 3. The van der Waals surface area contributed by atoms with Gasteiger partial charge in [0, 0.05) is 29.8 Å². The highest BCUT2D eigenvalue weighted by Crippen LogP contribution is 2.34. The summed E-state index contributed by atoms with van der Waals surface area (Å²) in [5.41, 5.74) is 3.41. The largest absolute Gasteiger partial charge is 0.491 e. The molecule has 0 bridgehead atoms. The predicted octanol–water partition coefficient (Wildman–Crippen LogP) is 3.16. The first kappa shape index (κ1) is 13.0. The fraction of sp³-hybridized carbons (Fsp3) is 0.286. The van der Waals surface area contributed by atoms with Crippen LogP contribution in [0.2, 0.25) is 0 Å². The van der Waals surface area contributed by atoms with Gasteiger partial charge in [-0.1, -0.05) is 18.2 Å². The highest BCUT2D eigenvalue weighted by atomic mass is 35.5. The summed E-state index contributed by atoms with van der Waals surface area (Å²) >= 11 is 0. The van der Waals surface area contributed by atoms with Gasteiger partial charge in [0.1, 0.15) is 18.1 Å². The third kappa shape index (κ3) is 2.37. The smallest absolute Gasteiger partial charge is 0.131 e. The van der Waals surface area contributed by atoms with E-state index in [2.05, 4.69) is 23.5 Å². The van der Waals surface area contributed by atoms with Crippen molar-refractivity contribution in [2.75, 3.05) is 13.2 Å². The van der Waals surface area contributed by atoms with Crippen LogP contribution in [0.3, 0.4) is 0 Å². The maximum Gasteiger partial charge on any atom is 0.131 e. The van der Waals surface area contributed by atoms with E-state index in [9.17, 15) is 0 Å². The molecule has 96 valence electrons. The number of nitrogens with one attached hydrogen (secondary N) is 1. The van der Waals surface area contributed by atoms with E-state index in [1.807, 2.05) is 13.0 Å². The van der Waals surface area contributed by atoms with Crippen molar-refractivity contribution in [3.63, 3.8) is 0 Å². The molecule has 2 aromatic rings. The van der Waals surface area contributed by atoms with Crippen LogP contribution >= 0.6 is 12.4 Å². The zero-order valence-electron chi connectivity index (χ0n) is 10.2. The number of hydrogen-bond donors (Lipinski definition) is 1. The van der Waals surface area contributed by atoms with Gasteiger partial charge in [0.2, 0.25) is 0 Å². The van der Waals surface area contributed by atoms with Crippen LogP contribution in [-0.2, 0) is 6.54 Å². The summed E-state index contributed by atoms with van der Waals surface area (Å²) in [5.74, 6) is 1.91. The van der Waals surface area contributed by atoms with Crippen LogP contribution in [-0.4, -0.2) is 13.2 Å². The summed E-state index contributed by atoms with van der Waals surface area (Å²) in [5, 5.41) is 3.34. The molecule has 18 heavy (non-hydrogen) atoms. The molecule has 3 rings (SSSR count). The number of aryl methyl sites for hydroxylation is 1. The second-order valence-corrected chi connectivity index (χ2v) is 4.27. The van der Waals surface area contributed by atoms with Crippen molar-refractivity contribution in [2.24, 2.45) is 0 Å². The van der Waals surface area contributed by atoms with Gasteiger partial charge in [-0.25, -0.2) is 0 Å². The van der Waals surface area contributed by atoms with Crippen molar-refractivity contribution >= 4 is 12.4 Å². The standard InChI is InChI=1S/C14H15NO2.ClH/c1-10-7-12(9-17-10)13-4-2-3-11-8-15-5-6-16-14(11)13;/h2-4,7,9,15H,5-6,8H2,1H3;1H. The molecule has 0 aliphatic carbocycles. The lowest BCUT2D eigenvalue weighted by Crippen LogP contribution is -2.16. The third-order valence-electron chi connectivity index (χ3n) is 2.98. The topological polar surface area (TPSA) is 34.4 Å². The van der Waals surface area contributed by atoms with Gasteiger partial charge >= 0.3 is 0 Å². The van der Waals surface area contributed by atoms with Crippen LogP contribution in [0.5, 0.6) is 5.75 Å². The van der Waals surface area contributed by atoms with Crippen LogP contribution < -0.4 is 10.1 Å². The molecule has 0 saturated carbocycles. The summed E-state index contributed by atoms with van der Waals surface area (Å²) in [7, 11) is 0. The molecule has 0 saturated heterocycles. The summed E-state index contributed by atoms with van der Waals surface area (Å²) in [6, 6.07) is 8.28. The van der Waals surface area contributed by atoms with E-state index in [1.54, 1.807) is 6.26 Å². The van der Waals surface area contributed by atoms with E-state index < -0.39 is 0 Å². The van der Waals surface area contributed by atoms with E-state index in [-0.39, 0.29) is 12.4 Å². The third-order valence-corrected chi connectivity index (χ3v) is 2.98. The number of rotatable bonds is 1. The van der Waals surface area contributed by atoms with Gasteiger partial charge in [0.25, 0.3) is 0 Å². The second-order valence-electron chi connectivity index (χ2n) is 4.27. The van der Waals surface area contributed by atoms with Crippen molar-refractivity contribution in [1.29, 1.82) is 0 Å². The lowest BCUT2D eigenvalue weighted by molar-refractivity contribution is 0.327. The summed E-state index contributed by atoms with van der Waals surface area (Å²) in [6.45, 7) is 4.41. The Morgan fingerprint density at radius 3 is 2.94 bits per heavy atom. The molecular weight excluding hydrogens is 250 g/mol. The Bertz CT molecular complexity index is 536. The number of furan rings is 1. The molecule has 1 aliphatic heterocycles. The summed E-state index contributed by atoms with van der Waals surface area (Å²) < 4.78 is 11.2. The van der Waals surface area contributed by atoms with E-state index in [0.29, 0.717) is 6.61 Å². The molecule has 3 nitrogen and oxygen atoms in total. The molecule has 2 heterocycles. The maximum absolute atomic E-state index is 5.84. The Morgan fingerprint density at radius 1 is 1.28 bits per heavy atom. The molecule has 4 heteroatoms. The Hall–Kier alpha value is -1.45. The van der Waals surface area contributed by atoms with Gasteiger partial charge in [0.05, 0.1) is 6.26 Å². The molecule has 0 fully saturated rings. The number of halogens is 1. The monoisotopic (exact) mass is 265 g/mol. The summed E-state index contributed by atoms with van der Waals surface area (Å²) in [6.07, 6.45) is 1.78. The van der Waals surface area contributed by atoms with Crippen molar-refractivity contribution in [1.82, 2.24) is 5.32 Å². The average Bonchev–Trinajstić information content (AvgIpc) is 2.63. The molecule has 0 atom stereocenters. The van der Waals surface area contributed by atoms with E-state index in [1.165, 1.54) is 5.56 Å². The molecular formula is C14H16ClNO2. The zero-order chi connectivity index (χ0) is 11.7. The normalized spacial score (nSPS) is 14.1. The van der Waals surface area contributed by atoms with Crippen LogP contribution in [0.1, 0.15) is 11.3 Å². The minimum Gasteiger partial charge on any atom is -0.491 e. The average molecular weight is 266 g/mol. The first-order valence-corrected chi connectivity index (χ1v) is 5.85. The molecule has 0 radical (unpaired) electrons. The van der Waals surface area contributed by atoms with Gasteiger partial charge in [-0.15, -0.1) is 12.4 Å². The second kappa shape index (κ2) is 5.46. The van der Waals surface area contributed by atoms with Gasteiger partial charge in [-0.05, 0) is 13.0 Å². The van der Waals surface area contributed by atoms with Gasteiger partial charge < -0.3 is 14.5 Å². The van der Waals surface area contributed by atoms with Crippen molar-refractivity contribution in [2.45, 2.75) is 13.5 Å². The maximum atomic E-state index is 5.84. The van der Waals surface area contributed by atoms with Gasteiger partial charge in [-0.2, -0.15) is 0 Å². The Balaban J connectivity index is 0.00000120. The van der Waals surface area contributed by atoms with Crippen LogP contribution in [0.15, 0.2) is 34.9 Å². The number of benzene rings is 1. The van der Waals surface area contributed by atoms with E-state index in [4.69, 9.17) is 9.15 Å². The highest BCUT2D eigenvalue weighted by molar-refractivity contribution is 5.85. The van der Waals surface area contributed by atoms with E-state index >= 15 is 0 Å². The molecule has 0 amide bonds. The molecule has 0 spiro atoms. The lowest BCUT2D eigenvalue weighted by Gasteiger charge is -2.11. The predicted molar refractivity (Wildman–Crippen MR) is 73.3 cm³/mol. The van der Waals surface area contributed by atoms with Crippen molar-refractivity contribution in [3.05, 3.63) is 41.9 Å². The minimum absolute atomic E-state index is 0. The van der Waals surface area contributed by atoms with Crippen molar-refractivity contribution < 1.29 is 9.15 Å².